The quantitative estimate of drug-likeness (QED) is 0.792. The molecule has 0 aliphatic carbocycles. The maximum Gasteiger partial charge on any atom is 0.272 e. The molecule has 1 aromatic heterocycles. The fraction of sp³-hybridized carbons (Fsp3) is 0.381. The van der Waals surface area contributed by atoms with Gasteiger partial charge in [-0.1, -0.05) is 6.07 Å². The zero-order valence-electron chi connectivity index (χ0n) is 16.1. The topological polar surface area (TPSA) is 72.0 Å². The number of carbonyl (C=O) groups excluding carboxylic acids is 2. The van der Waals surface area contributed by atoms with Gasteiger partial charge < -0.3 is 19.3 Å². The maximum atomic E-state index is 13.2. The van der Waals surface area contributed by atoms with Crippen LogP contribution in [0.1, 0.15) is 23.3 Å². The first-order chi connectivity index (χ1) is 14.0. The van der Waals surface area contributed by atoms with Crippen molar-refractivity contribution in [2.45, 2.75) is 18.4 Å². The molecule has 2 aromatic rings. The highest BCUT2D eigenvalue weighted by Crippen LogP contribution is 2.33. The fourth-order valence-corrected chi connectivity index (χ4v) is 3.80. The number of hydrogen-bond acceptors (Lipinski definition) is 5. The Hall–Kier alpha value is -3.00. The molecule has 2 aliphatic rings. The van der Waals surface area contributed by atoms with E-state index in [4.69, 9.17) is 9.47 Å². The summed E-state index contributed by atoms with van der Waals surface area (Å²) in [6.45, 7) is 1.37. The van der Waals surface area contributed by atoms with E-state index in [2.05, 4.69) is 4.98 Å². The van der Waals surface area contributed by atoms with Gasteiger partial charge in [-0.25, -0.2) is 9.37 Å². The molecule has 8 heteroatoms. The number of benzene rings is 1. The number of amides is 2. The summed E-state index contributed by atoms with van der Waals surface area (Å²) in [5.41, 5.74) is 0.479. The van der Waals surface area contributed by atoms with Crippen LogP contribution in [-0.2, 0) is 9.53 Å². The van der Waals surface area contributed by atoms with Crippen molar-refractivity contribution in [1.82, 2.24) is 9.88 Å². The van der Waals surface area contributed by atoms with Gasteiger partial charge in [0, 0.05) is 24.8 Å². The second-order valence-corrected chi connectivity index (χ2v) is 7.29. The van der Waals surface area contributed by atoms with Gasteiger partial charge in [0.2, 0.25) is 5.88 Å². The molecule has 1 spiro atoms. The van der Waals surface area contributed by atoms with Crippen LogP contribution in [0.4, 0.5) is 10.1 Å². The Morgan fingerprint density at radius 2 is 1.90 bits per heavy atom. The molecule has 29 heavy (non-hydrogen) atoms. The zero-order chi connectivity index (χ0) is 20.4. The SMILES string of the molecule is COc1cccc(C(=O)N2CCC3(CC2)CN(c2ccc(F)cc2)C(=O)CO3)n1. The second-order valence-electron chi connectivity index (χ2n) is 7.29. The van der Waals surface area contributed by atoms with E-state index < -0.39 is 5.60 Å². The van der Waals surface area contributed by atoms with E-state index in [1.54, 1.807) is 40.1 Å². The summed E-state index contributed by atoms with van der Waals surface area (Å²) in [6, 6.07) is 11.0. The molecule has 3 heterocycles. The van der Waals surface area contributed by atoms with E-state index in [0.717, 1.165) is 0 Å². The fourth-order valence-electron chi connectivity index (χ4n) is 3.80. The van der Waals surface area contributed by atoms with E-state index in [-0.39, 0.29) is 24.2 Å². The summed E-state index contributed by atoms with van der Waals surface area (Å²) in [6.07, 6.45) is 1.21. The van der Waals surface area contributed by atoms with Crippen LogP contribution in [-0.4, -0.2) is 60.7 Å². The van der Waals surface area contributed by atoms with Crippen molar-refractivity contribution in [1.29, 1.82) is 0 Å². The molecule has 2 fully saturated rings. The third kappa shape index (κ3) is 3.93. The van der Waals surface area contributed by atoms with Crippen LogP contribution in [0.2, 0.25) is 0 Å². The van der Waals surface area contributed by atoms with Crippen molar-refractivity contribution in [3.63, 3.8) is 0 Å². The molecule has 152 valence electrons. The van der Waals surface area contributed by atoms with Gasteiger partial charge in [0.15, 0.2) is 0 Å². The number of rotatable bonds is 3. The number of ether oxygens (including phenoxy) is 2. The average molecular weight is 399 g/mol. The van der Waals surface area contributed by atoms with Crippen LogP contribution >= 0.6 is 0 Å². The van der Waals surface area contributed by atoms with Crippen LogP contribution in [0.3, 0.4) is 0 Å². The Bertz CT molecular complexity index is 910. The summed E-state index contributed by atoms with van der Waals surface area (Å²) in [7, 11) is 1.51. The van der Waals surface area contributed by atoms with Gasteiger partial charge in [0.25, 0.3) is 11.8 Å². The normalized spacial score (nSPS) is 18.8. The van der Waals surface area contributed by atoms with E-state index in [1.165, 1.54) is 19.2 Å². The van der Waals surface area contributed by atoms with E-state index in [0.29, 0.717) is 49.7 Å². The van der Waals surface area contributed by atoms with Crippen molar-refractivity contribution in [3.8, 4) is 5.88 Å². The monoisotopic (exact) mass is 399 g/mol. The Kier molecular flexibility index (Phi) is 5.19. The molecule has 0 atom stereocenters. The molecule has 0 N–H and O–H groups in total. The van der Waals surface area contributed by atoms with Gasteiger partial charge in [-0.15, -0.1) is 0 Å². The lowest BCUT2D eigenvalue weighted by molar-refractivity contribution is -0.143. The van der Waals surface area contributed by atoms with Crippen molar-refractivity contribution < 1.29 is 23.5 Å². The summed E-state index contributed by atoms with van der Waals surface area (Å²) in [5, 5.41) is 0. The number of halogens is 1. The molecule has 0 bridgehead atoms. The third-order valence-corrected chi connectivity index (χ3v) is 5.50. The Balaban J connectivity index is 1.44. The van der Waals surface area contributed by atoms with Crippen LogP contribution in [0.25, 0.3) is 0 Å². The van der Waals surface area contributed by atoms with Gasteiger partial charge in [0.1, 0.15) is 18.1 Å². The average Bonchev–Trinajstić information content (AvgIpc) is 2.76. The van der Waals surface area contributed by atoms with Crippen molar-refractivity contribution in [2.24, 2.45) is 0 Å². The Labute approximate surface area is 168 Å². The highest BCUT2D eigenvalue weighted by molar-refractivity contribution is 5.95. The minimum absolute atomic E-state index is 0.0250. The van der Waals surface area contributed by atoms with Crippen molar-refractivity contribution in [3.05, 3.63) is 54.0 Å². The number of methoxy groups -OCH3 is 1. The minimum Gasteiger partial charge on any atom is -0.481 e. The minimum atomic E-state index is -0.513. The van der Waals surface area contributed by atoms with Crippen LogP contribution in [0.5, 0.6) is 5.88 Å². The van der Waals surface area contributed by atoms with E-state index >= 15 is 0 Å². The first-order valence-electron chi connectivity index (χ1n) is 9.50. The smallest absolute Gasteiger partial charge is 0.272 e. The lowest BCUT2D eigenvalue weighted by atomic mass is 9.89. The number of pyridine rings is 1. The number of morpholine rings is 1. The van der Waals surface area contributed by atoms with Crippen molar-refractivity contribution in [2.75, 3.05) is 38.3 Å². The Morgan fingerprint density at radius 1 is 1.17 bits per heavy atom. The van der Waals surface area contributed by atoms with Crippen LogP contribution in [0, 0.1) is 5.82 Å². The molecule has 0 unspecified atom stereocenters. The largest absolute Gasteiger partial charge is 0.481 e. The number of aromatic nitrogens is 1. The molecule has 2 aliphatic heterocycles. The van der Waals surface area contributed by atoms with Crippen LogP contribution in [0.15, 0.2) is 42.5 Å². The highest BCUT2D eigenvalue weighted by Gasteiger charge is 2.43. The lowest BCUT2D eigenvalue weighted by Crippen LogP contribution is -2.59. The Morgan fingerprint density at radius 3 is 2.59 bits per heavy atom. The second kappa shape index (κ2) is 7.79. The molecule has 0 radical (unpaired) electrons. The van der Waals surface area contributed by atoms with Crippen LogP contribution < -0.4 is 9.64 Å². The molecule has 2 amide bonds. The highest BCUT2D eigenvalue weighted by atomic mass is 19.1. The molecule has 7 nitrogen and oxygen atoms in total. The predicted molar refractivity (Wildman–Crippen MR) is 103 cm³/mol. The summed E-state index contributed by atoms with van der Waals surface area (Å²) in [4.78, 5) is 32.7. The van der Waals surface area contributed by atoms with Gasteiger partial charge in [0.05, 0.1) is 19.3 Å². The maximum absolute atomic E-state index is 13.2. The predicted octanol–water partition coefficient (Wildman–Crippen LogP) is 2.27. The molecule has 4 rings (SSSR count). The van der Waals surface area contributed by atoms with Gasteiger partial charge >= 0.3 is 0 Å². The summed E-state index contributed by atoms with van der Waals surface area (Å²) < 4.78 is 24.2. The van der Waals surface area contributed by atoms with Gasteiger partial charge in [-0.3, -0.25) is 9.59 Å². The number of hydrogen-bond donors (Lipinski definition) is 0. The lowest BCUT2D eigenvalue weighted by Gasteiger charge is -2.46. The zero-order valence-corrected chi connectivity index (χ0v) is 16.1. The summed E-state index contributed by atoms with van der Waals surface area (Å²) >= 11 is 0. The van der Waals surface area contributed by atoms with Crippen molar-refractivity contribution >= 4 is 17.5 Å². The standard InChI is InChI=1S/C21H22FN3O4/c1-28-18-4-2-3-17(23-18)20(27)24-11-9-21(10-12-24)14-25(19(26)13-29-21)16-7-5-15(22)6-8-16/h2-8H,9-14H2,1H3. The van der Waals surface area contributed by atoms with E-state index in [9.17, 15) is 14.0 Å². The first-order valence-corrected chi connectivity index (χ1v) is 9.50. The molecule has 1 aromatic carbocycles. The number of nitrogens with zero attached hydrogens (tertiary/aromatic N) is 3. The van der Waals surface area contributed by atoms with Gasteiger partial charge in [-0.2, -0.15) is 0 Å². The molecular formula is C21H22FN3O4. The number of likely N-dealkylation sites (tertiary alicyclic amines) is 1. The molecule has 0 saturated carbocycles. The summed E-state index contributed by atoms with van der Waals surface area (Å²) in [5.74, 6) is -0.252. The number of piperidine rings is 1. The van der Waals surface area contributed by atoms with Gasteiger partial charge in [-0.05, 0) is 43.2 Å². The number of anilines is 1. The number of carbonyl (C=O) groups is 2. The molecular weight excluding hydrogens is 377 g/mol. The van der Waals surface area contributed by atoms with E-state index in [1.807, 2.05) is 0 Å². The first kappa shape index (κ1) is 19.3. The third-order valence-electron chi connectivity index (χ3n) is 5.50. The molecule has 2 saturated heterocycles.